The molecule has 1 aliphatic heterocycles. The van der Waals surface area contributed by atoms with Crippen LogP contribution in [0.15, 0.2) is 65.7 Å². The molecule has 5 rings (SSSR count). The van der Waals surface area contributed by atoms with Gasteiger partial charge in [0.25, 0.3) is 0 Å². The maximum Gasteiger partial charge on any atom is 0.243 e. The molecule has 33 heavy (non-hydrogen) atoms. The quantitative estimate of drug-likeness (QED) is 0.463. The molecule has 0 amide bonds. The molecule has 2 aromatic carbocycles. The summed E-state index contributed by atoms with van der Waals surface area (Å²) in [5.74, 6) is 0.0456. The van der Waals surface area contributed by atoms with Crippen LogP contribution in [0.4, 0.5) is 5.82 Å². The van der Waals surface area contributed by atoms with Gasteiger partial charge in [0.1, 0.15) is 11.9 Å². The number of aromatic nitrogens is 1. The number of fused-ring (bicyclic) bond motifs is 2. The fourth-order valence-electron chi connectivity index (χ4n) is 4.18. The van der Waals surface area contributed by atoms with Crippen molar-refractivity contribution < 1.29 is 18.0 Å². The first-order valence-corrected chi connectivity index (χ1v) is 11.8. The summed E-state index contributed by atoms with van der Waals surface area (Å²) in [6.07, 6.45) is 1.49. The highest BCUT2D eigenvalue weighted by Crippen LogP contribution is 2.30. The number of pyridine rings is 1. The van der Waals surface area contributed by atoms with E-state index in [1.807, 2.05) is 11.0 Å². The van der Waals surface area contributed by atoms with Gasteiger partial charge in [-0.15, -0.1) is 0 Å². The number of hydrogen-bond donors (Lipinski definition) is 0. The van der Waals surface area contributed by atoms with Crippen molar-refractivity contribution >= 4 is 27.4 Å². The highest BCUT2D eigenvalue weighted by atomic mass is 32.2. The Balaban J connectivity index is 1.38. The van der Waals surface area contributed by atoms with E-state index in [4.69, 9.17) is 5.26 Å². The molecule has 1 fully saturated rings. The maximum absolute atomic E-state index is 13.3. The lowest BCUT2D eigenvalue weighted by Gasteiger charge is -2.34. The van der Waals surface area contributed by atoms with Crippen LogP contribution in [0.2, 0.25) is 0 Å². The molecule has 0 atom stereocenters. The molecule has 0 N–H and O–H groups in total. The van der Waals surface area contributed by atoms with Gasteiger partial charge in [0.05, 0.1) is 10.5 Å². The number of sulfonamides is 1. The van der Waals surface area contributed by atoms with Crippen LogP contribution in [0.25, 0.3) is 0 Å². The van der Waals surface area contributed by atoms with E-state index in [2.05, 4.69) is 4.98 Å². The minimum absolute atomic E-state index is 0.00766. The van der Waals surface area contributed by atoms with E-state index in [1.54, 1.807) is 36.4 Å². The Bertz CT molecular complexity index is 1430. The molecule has 9 heteroatoms. The smallest absolute Gasteiger partial charge is 0.243 e. The predicted octanol–water partition coefficient (Wildman–Crippen LogP) is 2.24. The average molecular weight is 458 g/mol. The molecular formula is C24H18N4O4S. The Labute approximate surface area is 190 Å². The van der Waals surface area contributed by atoms with Crippen LogP contribution in [0.5, 0.6) is 0 Å². The summed E-state index contributed by atoms with van der Waals surface area (Å²) in [7, 11) is -3.85. The average Bonchev–Trinajstić information content (AvgIpc) is 2.87. The van der Waals surface area contributed by atoms with E-state index in [0.717, 1.165) is 0 Å². The summed E-state index contributed by atoms with van der Waals surface area (Å²) in [6, 6.07) is 16.1. The second kappa shape index (κ2) is 7.92. The molecule has 2 aliphatic rings. The summed E-state index contributed by atoms with van der Waals surface area (Å²) in [5, 5.41) is 8.91. The molecule has 8 nitrogen and oxygen atoms in total. The van der Waals surface area contributed by atoms with Crippen molar-refractivity contribution in [3.8, 4) is 6.07 Å². The number of ketones is 2. The summed E-state index contributed by atoms with van der Waals surface area (Å²) in [6.45, 7) is 1.37. The van der Waals surface area contributed by atoms with Crippen LogP contribution in [0, 0.1) is 11.3 Å². The predicted molar refractivity (Wildman–Crippen MR) is 120 cm³/mol. The van der Waals surface area contributed by atoms with E-state index in [0.29, 0.717) is 30.0 Å². The van der Waals surface area contributed by atoms with Crippen LogP contribution >= 0.6 is 0 Å². The van der Waals surface area contributed by atoms with E-state index in [-0.39, 0.29) is 46.2 Å². The maximum atomic E-state index is 13.3. The minimum Gasteiger partial charge on any atom is -0.354 e. The van der Waals surface area contributed by atoms with Crippen molar-refractivity contribution in [2.75, 3.05) is 31.1 Å². The number of piperazine rings is 1. The summed E-state index contributed by atoms with van der Waals surface area (Å²) >= 11 is 0. The van der Waals surface area contributed by atoms with Crippen molar-refractivity contribution in [2.24, 2.45) is 0 Å². The Morgan fingerprint density at radius 3 is 2.06 bits per heavy atom. The Morgan fingerprint density at radius 2 is 1.45 bits per heavy atom. The SMILES string of the molecule is N#Cc1ccc(N2CCN(S(=O)(=O)c3ccc4c(c3)C(=O)c3ccccc3C4=O)CC2)nc1. The Hall–Kier alpha value is -3.87. The third-order valence-corrected chi connectivity index (χ3v) is 7.87. The van der Waals surface area contributed by atoms with Crippen LogP contribution in [0.1, 0.15) is 37.4 Å². The van der Waals surface area contributed by atoms with Crippen LogP contribution < -0.4 is 4.90 Å². The number of nitriles is 1. The molecule has 0 bridgehead atoms. The molecule has 0 radical (unpaired) electrons. The van der Waals surface area contributed by atoms with E-state index < -0.39 is 10.0 Å². The highest BCUT2D eigenvalue weighted by Gasteiger charge is 2.33. The van der Waals surface area contributed by atoms with E-state index in [1.165, 1.54) is 28.7 Å². The summed E-state index contributed by atoms with van der Waals surface area (Å²) < 4.78 is 28.0. The Morgan fingerprint density at radius 1 is 0.818 bits per heavy atom. The first-order chi connectivity index (χ1) is 15.9. The minimum atomic E-state index is -3.85. The number of anilines is 1. The second-order valence-electron chi connectivity index (χ2n) is 7.82. The van der Waals surface area contributed by atoms with Crippen LogP contribution in [-0.2, 0) is 10.0 Å². The number of carbonyl (C=O) groups is 2. The van der Waals surface area contributed by atoms with E-state index >= 15 is 0 Å². The largest absolute Gasteiger partial charge is 0.354 e. The molecule has 0 saturated carbocycles. The number of nitrogens with zero attached hydrogens (tertiary/aromatic N) is 4. The number of carbonyl (C=O) groups excluding carboxylic acids is 2. The number of hydrogen-bond acceptors (Lipinski definition) is 7. The van der Waals surface area contributed by atoms with Crippen LogP contribution in [0.3, 0.4) is 0 Å². The fourth-order valence-corrected chi connectivity index (χ4v) is 5.63. The van der Waals surface area contributed by atoms with Gasteiger partial charge in [-0.25, -0.2) is 13.4 Å². The summed E-state index contributed by atoms with van der Waals surface area (Å²) in [5.41, 5.74) is 1.41. The van der Waals surface area contributed by atoms with Crippen molar-refractivity contribution in [2.45, 2.75) is 4.90 Å². The zero-order valence-electron chi connectivity index (χ0n) is 17.4. The van der Waals surface area contributed by atoms with Crippen molar-refractivity contribution in [3.63, 3.8) is 0 Å². The van der Waals surface area contributed by atoms with Gasteiger partial charge in [-0.2, -0.15) is 9.57 Å². The monoisotopic (exact) mass is 458 g/mol. The van der Waals surface area contributed by atoms with Gasteiger partial charge >= 0.3 is 0 Å². The molecule has 1 saturated heterocycles. The normalized spacial score (nSPS) is 16.2. The molecule has 1 aromatic heterocycles. The lowest BCUT2D eigenvalue weighted by atomic mass is 9.84. The first-order valence-electron chi connectivity index (χ1n) is 10.3. The van der Waals surface area contributed by atoms with Gasteiger partial charge in [0.2, 0.25) is 10.0 Å². The zero-order chi connectivity index (χ0) is 23.2. The lowest BCUT2D eigenvalue weighted by molar-refractivity contribution is 0.0979. The first kappa shape index (κ1) is 21.0. The third-order valence-electron chi connectivity index (χ3n) is 5.97. The van der Waals surface area contributed by atoms with Gasteiger partial charge in [-0.1, -0.05) is 24.3 Å². The standard InChI is InChI=1S/C24H18N4O4S/c25-14-16-5-8-22(26-15-16)27-9-11-28(12-10-27)33(31,32)17-6-7-20-21(13-17)24(30)19-4-2-1-3-18(19)23(20)29/h1-8,13,15H,9-12H2. The number of benzene rings is 2. The van der Waals surface area contributed by atoms with Crippen molar-refractivity contribution in [1.29, 1.82) is 5.26 Å². The van der Waals surface area contributed by atoms with Crippen molar-refractivity contribution in [1.82, 2.24) is 9.29 Å². The van der Waals surface area contributed by atoms with Crippen LogP contribution in [-0.4, -0.2) is 55.5 Å². The third kappa shape index (κ3) is 3.50. The van der Waals surface area contributed by atoms with Crippen molar-refractivity contribution in [3.05, 3.63) is 88.6 Å². The zero-order valence-corrected chi connectivity index (χ0v) is 18.2. The molecular weight excluding hydrogens is 440 g/mol. The molecule has 2 heterocycles. The molecule has 0 spiro atoms. The number of rotatable bonds is 3. The van der Waals surface area contributed by atoms with Gasteiger partial charge < -0.3 is 4.90 Å². The van der Waals surface area contributed by atoms with Gasteiger partial charge in [-0.3, -0.25) is 9.59 Å². The topological polar surface area (TPSA) is 111 Å². The molecule has 0 unspecified atom stereocenters. The van der Waals surface area contributed by atoms with Gasteiger partial charge in [0.15, 0.2) is 11.6 Å². The summed E-state index contributed by atoms with van der Waals surface area (Å²) in [4.78, 5) is 32.0. The molecule has 1 aliphatic carbocycles. The lowest BCUT2D eigenvalue weighted by Crippen LogP contribution is -2.49. The molecule has 164 valence electrons. The van der Waals surface area contributed by atoms with Gasteiger partial charge in [0, 0.05) is 54.6 Å². The van der Waals surface area contributed by atoms with Gasteiger partial charge in [-0.05, 0) is 30.3 Å². The Kier molecular flexibility index (Phi) is 5.04. The fraction of sp³-hybridized carbons (Fsp3) is 0.167. The highest BCUT2D eigenvalue weighted by molar-refractivity contribution is 7.89. The molecule has 3 aromatic rings. The van der Waals surface area contributed by atoms with E-state index in [9.17, 15) is 18.0 Å². The second-order valence-corrected chi connectivity index (χ2v) is 9.76.